The number of carbonyl (C=O) groups is 1. The highest BCUT2D eigenvalue weighted by atomic mass is 32.1. The number of rotatable bonds is 10. The number of ether oxygens (including phenoxy) is 1. The van der Waals surface area contributed by atoms with Gasteiger partial charge in [0, 0.05) is 24.5 Å². The highest BCUT2D eigenvalue weighted by molar-refractivity contribution is 7.10. The van der Waals surface area contributed by atoms with Crippen LogP contribution < -0.4 is 4.74 Å². The van der Waals surface area contributed by atoms with Crippen molar-refractivity contribution in [3.05, 3.63) is 52.0 Å². The van der Waals surface area contributed by atoms with Crippen LogP contribution in [-0.2, 0) is 11.2 Å². The van der Waals surface area contributed by atoms with Crippen molar-refractivity contribution >= 4 is 17.2 Å². The van der Waals surface area contributed by atoms with Gasteiger partial charge in [-0.25, -0.2) is 4.39 Å². The summed E-state index contributed by atoms with van der Waals surface area (Å²) < 4.78 is 19.2. The Hall–Kier alpha value is -1.96. The van der Waals surface area contributed by atoms with Crippen molar-refractivity contribution in [1.29, 1.82) is 0 Å². The molecule has 0 fully saturated rings. The van der Waals surface area contributed by atoms with E-state index in [-0.39, 0.29) is 24.3 Å². The number of thiophene rings is 1. The van der Waals surface area contributed by atoms with Crippen molar-refractivity contribution in [3.8, 4) is 5.75 Å². The van der Waals surface area contributed by atoms with Crippen molar-refractivity contribution < 1.29 is 19.0 Å². The van der Waals surface area contributed by atoms with E-state index in [9.17, 15) is 14.3 Å². The summed E-state index contributed by atoms with van der Waals surface area (Å²) in [4.78, 5) is 18.6. The van der Waals surface area contributed by atoms with Crippen molar-refractivity contribution in [2.45, 2.75) is 45.8 Å². The predicted molar refractivity (Wildman–Crippen MR) is 122 cm³/mol. The van der Waals surface area contributed by atoms with Gasteiger partial charge in [-0.2, -0.15) is 0 Å². The van der Waals surface area contributed by atoms with Gasteiger partial charge in [-0.3, -0.25) is 9.69 Å². The molecule has 5 nitrogen and oxygen atoms in total. The molecule has 0 aliphatic carbocycles. The summed E-state index contributed by atoms with van der Waals surface area (Å²) in [5.74, 6) is 0.785. The second-order valence-corrected chi connectivity index (χ2v) is 9.47. The molecule has 0 saturated heterocycles. The van der Waals surface area contributed by atoms with Gasteiger partial charge < -0.3 is 14.7 Å². The van der Waals surface area contributed by atoms with E-state index < -0.39 is 6.10 Å². The van der Waals surface area contributed by atoms with Crippen molar-refractivity contribution in [2.24, 2.45) is 5.92 Å². The van der Waals surface area contributed by atoms with Crippen LogP contribution in [0.5, 0.6) is 5.75 Å². The molecule has 1 amide bonds. The molecular formula is C24H33FN2O3S. The maximum absolute atomic E-state index is 13.4. The number of aliphatic hydroxyl groups excluding tert-OH is 1. The molecule has 1 aromatic carbocycles. The van der Waals surface area contributed by atoms with Crippen LogP contribution in [0.3, 0.4) is 0 Å². The van der Waals surface area contributed by atoms with E-state index in [4.69, 9.17) is 4.74 Å². The molecule has 0 spiro atoms. The van der Waals surface area contributed by atoms with Crippen LogP contribution in [0.4, 0.5) is 4.39 Å². The van der Waals surface area contributed by atoms with Gasteiger partial charge in [0.15, 0.2) is 0 Å². The zero-order valence-corrected chi connectivity index (χ0v) is 19.4. The first-order valence-electron chi connectivity index (χ1n) is 11.0. The second kappa shape index (κ2) is 11.1. The Balaban J connectivity index is 1.73. The smallest absolute Gasteiger partial charge is 0.237 e. The zero-order chi connectivity index (χ0) is 22.4. The number of hydrogen-bond donors (Lipinski definition) is 1. The van der Waals surface area contributed by atoms with E-state index in [1.807, 2.05) is 4.90 Å². The zero-order valence-electron chi connectivity index (χ0n) is 18.6. The molecule has 0 unspecified atom stereocenters. The maximum Gasteiger partial charge on any atom is 0.237 e. The second-order valence-electron chi connectivity index (χ2n) is 8.47. The lowest BCUT2D eigenvalue weighted by molar-refractivity contribution is -0.136. The number of halogens is 1. The number of benzene rings is 1. The van der Waals surface area contributed by atoms with Crippen LogP contribution in [-0.4, -0.2) is 59.7 Å². The molecule has 2 heterocycles. The van der Waals surface area contributed by atoms with Crippen LogP contribution >= 0.6 is 11.3 Å². The summed E-state index contributed by atoms with van der Waals surface area (Å²) in [6, 6.07) is 7.86. The summed E-state index contributed by atoms with van der Waals surface area (Å²) in [7, 11) is 0. The minimum absolute atomic E-state index is 0.0495. The standard InChI is InChI=1S/C24H33FN2O3S/c1-4-17(2)13-26(14-18(3)28)15-24(29)27-11-9-23-21(10-12-31-23)22(27)16-30-20-7-5-19(25)6-8-20/h5-8,10,12,17-18,22,28H,4,9,11,13-16H2,1-3H3/t17-,18+,22+/m0/s1. The van der Waals surface area contributed by atoms with Gasteiger partial charge in [-0.1, -0.05) is 20.3 Å². The summed E-state index contributed by atoms with van der Waals surface area (Å²) in [5, 5.41) is 12.0. The topological polar surface area (TPSA) is 53.0 Å². The number of hydrogen-bond acceptors (Lipinski definition) is 5. The maximum atomic E-state index is 13.4. The van der Waals surface area contributed by atoms with E-state index in [1.54, 1.807) is 30.4 Å². The molecule has 2 aromatic rings. The van der Waals surface area contributed by atoms with E-state index in [0.29, 0.717) is 31.4 Å². The Morgan fingerprint density at radius 2 is 2.03 bits per heavy atom. The molecule has 0 saturated carbocycles. The van der Waals surface area contributed by atoms with Gasteiger partial charge in [0.25, 0.3) is 0 Å². The monoisotopic (exact) mass is 448 g/mol. The fourth-order valence-electron chi connectivity index (χ4n) is 4.01. The van der Waals surface area contributed by atoms with Crippen LogP contribution in [0.15, 0.2) is 35.7 Å². The molecule has 170 valence electrons. The highest BCUT2D eigenvalue weighted by Crippen LogP contribution is 2.34. The molecule has 1 N–H and O–H groups in total. The first-order valence-corrected chi connectivity index (χ1v) is 11.9. The fraction of sp³-hybridized carbons (Fsp3) is 0.542. The lowest BCUT2D eigenvalue weighted by Gasteiger charge is -2.37. The molecule has 3 atom stereocenters. The Kier molecular flexibility index (Phi) is 8.46. The number of amides is 1. The molecule has 1 aromatic heterocycles. The molecule has 1 aliphatic rings. The van der Waals surface area contributed by atoms with Crippen LogP contribution in [0.1, 0.15) is 43.7 Å². The van der Waals surface area contributed by atoms with E-state index in [0.717, 1.165) is 24.9 Å². The normalized spacial score (nSPS) is 18.0. The van der Waals surface area contributed by atoms with Crippen molar-refractivity contribution in [3.63, 3.8) is 0 Å². The number of carbonyl (C=O) groups excluding carboxylic acids is 1. The first-order chi connectivity index (χ1) is 14.9. The minimum atomic E-state index is -0.487. The third kappa shape index (κ3) is 6.51. The number of nitrogens with zero attached hydrogens (tertiary/aromatic N) is 2. The van der Waals surface area contributed by atoms with Gasteiger partial charge in [0.05, 0.1) is 18.7 Å². The molecule has 0 radical (unpaired) electrons. The third-order valence-corrected chi connectivity index (χ3v) is 6.78. The lowest BCUT2D eigenvalue weighted by atomic mass is 10.00. The highest BCUT2D eigenvalue weighted by Gasteiger charge is 2.33. The fourth-order valence-corrected chi connectivity index (χ4v) is 4.94. The minimum Gasteiger partial charge on any atom is -0.491 e. The van der Waals surface area contributed by atoms with Crippen molar-refractivity contribution in [1.82, 2.24) is 9.80 Å². The Morgan fingerprint density at radius 3 is 2.71 bits per heavy atom. The quantitative estimate of drug-likeness (QED) is 0.594. The number of fused-ring (bicyclic) bond motifs is 1. The van der Waals surface area contributed by atoms with Gasteiger partial charge in [0.2, 0.25) is 5.91 Å². The SMILES string of the molecule is CC[C@H](C)CN(CC(=O)N1CCc2sccc2[C@H]1COc1ccc(F)cc1)C[C@@H](C)O. The summed E-state index contributed by atoms with van der Waals surface area (Å²) in [6.07, 6.45) is 1.38. The molecular weight excluding hydrogens is 415 g/mol. The predicted octanol–water partition coefficient (Wildman–Crippen LogP) is 4.12. The average Bonchev–Trinajstić information content (AvgIpc) is 3.21. The summed E-state index contributed by atoms with van der Waals surface area (Å²) in [5.41, 5.74) is 1.13. The Bertz CT molecular complexity index is 840. The molecule has 3 rings (SSSR count). The molecule has 31 heavy (non-hydrogen) atoms. The summed E-state index contributed by atoms with van der Waals surface area (Å²) in [6.45, 7) is 8.56. The average molecular weight is 449 g/mol. The first kappa shape index (κ1) is 23.7. The molecule has 7 heteroatoms. The van der Waals surface area contributed by atoms with Crippen LogP contribution in [0.2, 0.25) is 0 Å². The molecule has 0 bridgehead atoms. The third-order valence-electron chi connectivity index (χ3n) is 5.78. The van der Waals surface area contributed by atoms with E-state index in [2.05, 4.69) is 30.2 Å². The van der Waals surface area contributed by atoms with Gasteiger partial charge in [-0.15, -0.1) is 11.3 Å². The van der Waals surface area contributed by atoms with E-state index in [1.165, 1.54) is 17.0 Å². The van der Waals surface area contributed by atoms with Gasteiger partial charge in [-0.05, 0) is 60.5 Å². The van der Waals surface area contributed by atoms with Crippen LogP contribution in [0, 0.1) is 11.7 Å². The molecule has 1 aliphatic heterocycles. The van der Waals surface area contributed by atoms with Gasteiger partial charge in [0.1, 0.15) is 18.2 Å². The summed E-state index contributed by atoms with van der Waals surface area (Å²) >= 11 is 1.71. The number of aliphatic hydroxyl groups is 1. The lowest BCUT2D eigenvalue weighted by Crippen LogP contribution is -2.48. The Labute approximate surface area is 188 Å². The van der Waals surface area contributed by atoms with Crippen molar-refractivity contribution in [2.75, 3.05) is 32.8 Å². The van der Waals surface area contributed by atoms with E-state index >= 15 is 0 Å². The van der Waals surface area contributed by atoms with Crippen LogP contribution in [0.25, 0.3) is 0 Å². The largest absolute Gasteiger partial charge is 0.491 e. The van der Waals surface area contributed by atoms with Gasteiger partial charge >= 0.3 is 0 Å². The Morgan fingerprint density at radius 1 is 1.29 bits per heavy atom.